The highest BCUT2D eigenvalue weighted by atomic mass is 14.9. The first-order valence-electron chi connectivity index (χ1n) is 7.19. The second-order valence-electron chi connectivity index (χ2n) is 5.99. The number of hydrogen-bond acceptors (Lipinski definition) is 3. The van der Waals surface area contributed by atoms with Crippen molar-refractivity contribution in [1.29, 1.82) is 0 Å². The molecule has 0 bridgehead atoms. The molecule has 0 atom stereocenters. The van der Waals surface area contributed by atoms with Crippen LogP contribution in [0.1, 0.15) is 45.0 Å². The Morgan fingerprint density at radius 3 is 2.45 bits per heavy atom. The summed E-state index contributed by atoms with van der Waals surface area (Å²) in [5, 5.41) is 0. The summed E-state index contributed by atoms with van der Waals surface area (Å²) < 4.78 is 0. The van der Waals surface area contributed by atoms with Crippen molar-refractivity contribution in [2.75, 3.05) is 5.73 Å². The summed E-state index contributed by atoms with van der Waals surface area (Å²) in [4.78, 5) is 8.93. The van der Waals surface area contributed by atoms with E-state index in [9.17, 15) is 0 Å². The van der Waals surface area contributed by atoms with Gasteiger partial charge < -0.3 is 5.73 Å². The molecule has 20 heavy (non-hydrogen) atoms. The third-order valence-corrected chi connectivity index (χ3v) is 3.15. The van der Waals surface area contributed by atoms with Gasteiger partial charge in [0.15, 0.2) is 0 Å². The Hall–Kier alpha value is -1.90. The van der Waals surface area contributed by atoms with Crippen LogP contribution in [0.5, 0.6) is 0 Å². The lowest BCUT2D eigenvalue weighted by molar-refractivity contribution is 0.647. The van der Waals surface area contributed by atoms with E-state index in [1.165, 1.54) is 5.56 Å². The van der Waals surface area contributed by atoms with Gasteiger partial charge >= 0.3 is 0 Å². The number of aromatic nitrogens is 2. The molecule has 0 spiro atoms. The van der Waals surface area contributed by atoms with E-state index in [2.05, 4.69) is 61.9 Å². The van der Waals surface area contributed by atoms with E-state index in [1.54, 1.807) is 0 Å². The number of nitrogens with two attached hydrogens (primary N) is 1. The quantitative estimate of drug-likeness (QED) is 0.911. The average molecular weight is 269 g/mol. The molecule has 0 saturated heterocycles. The van der Waals surface area contributed by atoms with Crippen LogP contribution >= 0.6 is 0 Å². The Morgan fingerprint density at radius 1 is 1.05 bits per heavy atom. The molecule has 0 fully saturated rings. The van der Waals surface area contributed by atoms with Crippen LogP contribution in [0.2, 0.25) is 0 Å². The summed E-state index contributed by atoms with van der Waals surface area (Å²) in [6.45, 7) is 8.61. The van der Waals surface area contributed by atoms with Crippen LogP contribution in [-0.4, -0.2) is 9.97 Å². The molecular formula is C17H23N3. The van der Waals surface area contributed by atoms with Gasteiger partial charge in [0.05, 0.1) is 5.69 Å². The van der Waals surface area contributed by atoms with Gasteiger partial charge in [-0.1, -0.05) is 45.9 Å². The fourth-order valence-electron chi connectivity index (χ4n) is 2.22. The average Bonchev–Trinajstić information content (AvgIpc) is 2.37. The zero-order valence-electron chi connectivity index (χ0n) is 12.7. The molecule has 0 saturated carbocycles. The summed E-state index contributed by atoms with van der Waals surface area (Å²) in [6.07, 6.45) is 1.07. The molecule has 1 aromatic carbocycles. The third kappa shape index (κ3) is 3.56. The topological polar surface area (TPSA) is 51.8 Å². The van der Waals surface area contributed by atoms with Crippen molar-refractivity contribution in [1.82, 2.24) is 9.97 Å². The normalized spacial score (nSPS) is 11.3. The first kappa shape index (κ1) is 14.5. The van der Waals surface area contributed by atoms with E-state index in [-0.39, 0.29) is 5.92 Å². The van der Waals surface area contributed by atoms with Crippen molar-refractivity contribution in [2.45, 2.75) is 40.0 Å². The molecule has 3 heteroatoms. The maximum atomic E-state index is 5.90. The largest absolute Gasteiger partial charge is 0.384 e. The predicted octanol–water partition coefficient (Wildman–Crippen LogP) is 4.05. The van der Waals surface area contributed by atoms with E-state index in [0.717, 1.165) is 23.5 Å². The molecule has 0 aliphatic carbocycles. The Kier molecular flexibility index (Phi) is 4.38. The zero-order valence-corrected chi connectivity index (χ0v) is 12.7. The molecule has 0 aliphatic rings. The molecule has 1 aromatic heterocycles. The van der Waals surface area contributed by atoms with E-state index >= 15 is 0 Å². The second kappa shape index (κ2) is 6.04. The summed E-state index contributed by atoms with van der Waals surface area (Å²) in [5.41, 5.74) is 9.26. The Morgan fingerprint density at radius 2 is 1.80 bits per heavy atom. The highest BCUT2D eigenvalue weighted by Gasteiger charge is 2.09. The molecule has 0 unspecified atom stereocenters. The SMILES string of the molecule is CC(C)Cc1cccc(-c2cc(N)nc(C(C)C)n2)c1. The molecule has 0 radical (unpaired) electrons. The first-order chi connectivity index (χ1) is 9.45. The lowest BCUT2D eigenvalue weighted by Crippen LogP contribution is -2.03. The number of nitrogens with zero attached hydrogens (tertiary/aromatic N) is 2. The molecule has 0 amide bonds. The Labute approximate surface area is 121 Å². The highest BCUT2D eigenvalue weighted by Crippen LogP contribution is 2.23. The Balaban J connectivity index is 2.40. The lowest BCUT2D eigenvalue weighted by atomic mass is 10.00. The standard InChI is InChI=1S/C17H23N3/c1-11(2)8-13-6-5-7-14(9-13)15-10-16(18)20-17(19-15)12(3)4/h5-7,9-12H,8H2,1-4H3,(H2,18,19,20). The fourth-order valence-corrected chi connectivity index (χ4v) is 2.22. The minimum Gasteiger partial charge on any atom is -0.384 e. The molecule has 2 N–H and O–H groups in total. The van der Waals surface area contributed by atoms with Crippen LogP contribution in [0.25, 0.3) is 11.3 Å². The summed E-state index contributed by atoms with van der Waals surface area (Å²) >= 11 is 0. The first-order valence-corrected chi connectivity index (χ1v) is 7.19. The van der Waals surface area contributed by atoms with Gasteiger partial charge in [-0.25, -0.2) is 9.97 Å². The van der Waals surface area contributed by atoms with Gasteiger partial charge in [0, 0.05) is 17.5 Å². The van der Waals surface area contributed by atoms with Crippen LogP contribution in [-0.2, 0) is 6.42 Å². The van der Waals surface area contributed by atoms with E-state index in [0.29, 0.717) is 11.7 Å². The van der Waals surface area contributed by atoms with Gasteiger partial charge in [0.2, 0.25) is 0 Å². The molecule has 3 nitrogen and oxygen atoms in total. The molecule has 2 rings (SSSR count). The summed E-state index contributed by atoms with van der Waals surface area (Å²) in [5.74, 6) is 2.25. The van der Waals surface area contributed by atoms with Gasteiger partial charge in [-0.05, 0) is 24.0 Å². The maximum absolute atomic E-state index is 5.90. The van der Waals surface area contributed by atoms with Crippen molar-refractivity contribution in [3.05, 3.63) is 41.7 Å². The van der Waals surface area contributed by atoms with E-state index in [4.69, 9.17) is 5.73 Å². The smallest absolute Gasteiger partial charge is 0.133 e. The number of nitrogen functional groups attached to an aromatic ring is 1. The van der Waals surface area contributed by atoms with Crippen molar-refractivity contribution in [2.24, 2.45) is 5.92 Å². The predicted molar refractivity (Wildman–Crippen MR) is 84.5 cm³/mol. The molecule has 2 aromatic rings. The van der Waals surface area contributed by atoms with Crippen LogP contribution < -0.4 is 5.73 Å². The second-order valence-corrected chi connectivity index (χ2v) is 5.99. The van der Waals surface area contributed by atoms with Crippen molar-refractivity contribution >= 4 is 5.82 Å². The van der Waals surface area contributed by atoms with Crippen LogP contribution in [0.4, 0.5) is 5.82 Å². The maximum Gasteiger partial charge on any atom is 0.133 e. The van der Waals surface area contributed by atoms with Crippen LogP contribution in [0, 0.1) is 5.92 Å². The number of hydrogen-bond donors (Lipinski definition) is 1. The molecule has 106 valence electrons. The van der Waals surface area contributed by atoms with E-state index < -0.39 is 0 Å². The lowest BCUT2D eigenvalue weighted by Gasteiger charge is -2.10. The minimum atomic E-state index is 0.274. The van der Waals surface area contributed by atoms with Gasteiger partial charge in [-0.15, -0.1) is 0 Å². The molecular weight excluding hydrogens is 246 g/mol. The van der Waals surface area contributed by atoms with Crippen molar-refractivity contribution in [3.63, 3.8) is 0 Å². The van der Waals surface area contributed by atoms with Crippen LogP contribution in [0.15, 0.2) is 30.3 Å². The Bertz CT molecular complexity index is 589. The highest BCUT2D eigenvalue weighted by molar-refractivity contribution is 5.62. The summed E-state index contributed by atoms with van der Waals surface area (Å²) in [6, 6.07) is 10.4. The zero-order chi connectivity index (χ0) is 14.7. The van der Waals surface area contributed by atoms with Gasteiger partial charge in [0.1, 0.15) is 11.6 Å². The molecule has 1 heterocycles. The van der Waals surface area contributed by atoms with Gasteiger partial charge in [-0.2, -0.15) is 0 Å². The van der Waals surface area contributed by atoms with Crippen molar-refractivity contribution < 1.29 is 0 Å². The van der Waals surface area contributed by atoms with E-state index in [1.807, 2.05) is 6.07 Å². The third-order valence-electron chi connectivity index (χ3n) is 3.15. The monoisotopic (exact) mass is 269 g/mol. The number of rotatable bonds is 4. The van der Waals surface area contributed by atoms with Gasteiger partial charge in [0.25, 0.3) is 0 Å². The fraction of sp³-hybridized carbons (Fsp3) is 0.412. The minimum absolute atomic E-state index is 0.274. The van der Waals surface area contributed by atoms with Gasteiger partial charge in [-0.3, -0.25) is 0 Å². The number of benzene rings is 1. The van der Waals surface area contributed by atoms with Crippen molar-refractivity contribution in [3.8, 4) is 11.3 Å². The summed E-state index contributed by atoms with van der Waals surface area (Å²) in [7, 11) is 0. The van der Waals surface area contributed by atoms with Crippen LogP contribution in [0.3, 0.4) is 0 Å². The molecule has 0 aliphatic heterocycles. The number of anilines is 1.